The largest absolute Gasteiger partial charge is 0.469 e. The van der Waals surface area contributed by atoms with E-state index in [9.17, 15) is 13.7 Å². The molecule has 0 aromatic carbocycles. The molecule has 0 rings (SSSR count). The Morgan fingerprint density at radius 2 is 0.760 bits per heavy atom. The van der Waals surface area contributed by atoms with E-state index in [4.69, 9.17) is 29.4 Å². The molecule has 0 aromatic heterocycles. The number of rotatable bonds is 12. The average Bonchev–Trinajstić information content (AvgIpc) is 2.23. The van der Waals surface area contributed by atoms with E-state index in [0.717, 1.165) is 0 Å². The Morgan fingerprint density at radius 1 is 0.560 bits per heavy atom. The molecule has 0 saturated carbocycles. The number of hydrogen-bond acceptors (Lipinski definition) is 7. The van der Waals surface area contributed by atoms with Gasteiger partial charge in [-0.3, -0.25) is 18.5 Å². The summed E-state index contributed by atoms with van der Waals surface area (Å²) in [5.41, 5.74) is 0. The van der Waals surface area contributed by atoms with Crippen molar-refractivity contribution in [3.8, 4) is 0 Å². The smallest absolute Gasteiger partial charge is 0.303 e. The number of hydrogen-bond donors (Lipinski definition) is 6. The van der Waals surface area contributed by atoms with Gasteiger partial charge in [0.25, 0.3) is 0 Å². The van der Waals surface area contributed by atoms with Crippen molar-refractivity contribution in [2.45, 2.75) is 0 Å². The second-order valence-corrected chi connectivity index (χ2v) is 7.53. The van der Waals surface area contributed by atoms with E-state index in [0.29, 0.717) is 0 Å². The molecule has 0 fully saturated rings. The van der Waals surface area contributed by atoms with Gasteiger partial charge in [-0.1, -0.05) is 0 Å². The van der Waals surface area contributed by atoms with Gasteiger partial charge >= 0.3 is 23.5 Å². The molecule has 13 nitrogen and oxygen atoms in total. The van der Waals surface area contributed by atoms with Gasteiger partial charge in [-0.25, -0.2) is 13.7 Å². The zero-order valence-electron chi connectivity index (χ0n) is 14.2. The zero-order valence-corrected chi connectivity index (χ0v) is 22.8. The molecule has 19 heteroatoms. The van der Waals surface area contributed by atoms with Gasteiger partial charge in [-0.2, -0.15) is 0 Å². The third-order valence-electron chi connectivity index (χ3n) is 2.00. The first-order chi connectivity index (χ1) is 9.79. The molecule has 0 aliphatic heterocycles. The van der Waals surface area contributed by atoms with Crippen LogP contribution in [0.2, 0.25) is 0 Å². The van der Waals surface area contributed by atoms with E-state index in [1.54, 1.807) is 0 Å². The molecule has 0 unspecified atom stereocenters. The van der Waals surface area contributed by atoms with Crippen molar-refractivity contribution in [1.29, 1.82) is 0 Å². The molecule has 0 heterocycles. The summed E-state index contributed by atoms with van der Waals surface area (Å²) in [5.74, 6) is 0. The van der Waals surface area contributed by atoms with Crippen molar-refractivity contribution in [3.63, 3.8) is 0 Å². The number of nitrogens with zero attached hydrogens (tertiary/aromatic N) is 1. The minimum atomic E-state index is -4.67. The fraction of sp³-hybridized carbons (Fsp3) is 1.00. The molecule has 6 N–H and O–H groups in total. The van der Waals surface area contributed by atoms with Gasteiger partial charge in [-0.05, 0) is 0 Å². The van der Waals surface area contributed by atoms with Crippen LogP contribution >= 0.6 is 23.5 Å². The minimum Gasteiger partial charge on any atom is -0.303 e. The van der Waals surface area contributed by atoms with Crippen molar-refractivity contribution in [1.82, 2.24) is 4.90 Å². The third-order valence-corrected chi connectivity index (χ3v) is 3.56. The molecule has 0 bridgehead atoms. The van der Waals surface area contributed by atoms with Gasteiger partial charge in [0.15, 0.2) is 0 Å². The fourth-order valence-electron chi connectivity index (χ4n) is 1.20. The van der Waals surface area contributed by atoms with E-state index in [-0.39, 0.29) is 108 Å². The van der Waals surface area contributed by atoms with Crippen LogP contribution in [-0.4, -0.2) is 162 Å². The Bertz CT molecular complexity index is 398. The van der Waals surface area contributed by atoms with E-state index in [2.05, 4.69) is 13.6 Å². The maximum Gasteiger partial charge on any atom is 0.469 e. The molecule has 0 spiro atoms. The van der Waals surface area contributed by atoms with Gasteiger partial charge in [0, 0.05) is 108 Å². The fourth-order valence-corrected chi connectivity index (χ4v) is 2.16. The molecule has 0 aliphatic rings. The quantitative estimate of drug-likeness (QED) is 0.132. The van der Waals surface area contributed by atoms with Crippen molar-refractivity contribution in [2.24, 2.45) is 0 Å². The summed E-state index contributed by atoms with van der Waals surface area (Å²) in [6.07, 6.45) is 0. The normalized spacial score (nSPS) is 12.1. The molecule has 0 atom stereocenters. The summed E-state index contributed by atoms with van der Waals surface area (Å²) < 4.78 is 44.1. The predicted molar refractivity (Wildman–Crippen MR) is 87.7 cm³/mol. The van der Waals surface area contributed by atoms with Crippen LogP contribution in [0.25, 0.3) is 0 Å². The minimum absolute atomic E-state index is 0. The van der Waals surface area contributed by atoms with E-state index >= 15 is 0 Å². The van der Waals surface area contributed by atoms with Crippen LogP contribution in [0.5, 0.6) is 0 Å². The summed E-state index contributed by atoms with van der Waals surface area (Å²) in [4.78, 5) is 52.4. The zero-order chi connectivity index (χ0) is 17.4. The molecular weight excluding hydrogens is 440 g/mol. The van der Waals surface area contributed by atoms with Gasteiger partial charge in [0.05, 0.1) is 19.8 Å². The van der Waals surface area contributed by atoms with Crippen LogP contribution in [0.15, 0.2) is 0 Å². The molecule has 0 aromatic rings. The SMILES string of the molecule is O=P(O)(O)OCCN(CCOP(=O)(O)O)CCOP(=O)(O)O.[Na].[Na].[Na]. The average molecular weight is 458 g/mol. The van der Waals surface area contributed by atoms with Crippen molar-refractivity contribution < 1.29 is 56.6 Å². The van der Waals surface area contributed by atoms with E-state index < -0.39 is 43.3 Å². The van der Waals surface area contributed by atoms with Gasteiger partial charge in [-0.15, -0.1) is 0 Å². The van der Waals surface area contributed by atoms with Crippen LogP contribution in [0, 0.1) is 0 Å². The monoisotopic (exact) mass is 458 g/mol. The van der Waals surface area contributed by atoms with Crippen molar-refractivity contribution >= 4 is 112 Å². The summed E-state index contributed by atoms with van der Waals surface area (Å²) >= 11 is 0. The van der Waals surface area contributed by atoms with Crippen LogP contribution in [0.4, 0.5) is 0 Å². The summed E-state index contributed by atoms with van der Waals surface area (Å²) in [6, 6.07) is 0. The van der Waals surface area contributed by atoms with Crippen molar-refractivity contribution in [2.75, 3.05) is 39.5 Å². The van der Waals surface area contributed by atoms with Gasteiger partial charge in [0.1, 0.15) is 0 Å². The first-order valence-electron chi connectivity index (χ1n) is 5.61. The van der Waals surface area contributed by atoms with Gasteiger partial charge in [0.2, 0.25) is 0 Å². The predicted octanol–water partition coefficient (Wildman–Crippen LogP) is -2.53. The molecule has 25 heavy (non-hydrogen) atoms. The van der Waals surface area contributed by atoms with Crippen LogP contribution in [0.1, 0.15) is 0 Å². The van der Waals surface area contributed by atoms with Gasteiger partial charge < -0.3 is 29.4 Å². The standard InChI is InChI=1S/C6H18NO12P3.3Na/c8-20(9,10)17-4-1-7(2-5-18-21(11,12)13)3-6-19-22(14,15)16;;;/h1-6H2,(H2,8,9,10)(H2,11,12,13)(H2,14,15,16);;;. The molecular formula is C6H18NNa3O12P3. The molecule has 0 saturated heterocycles. The molecule has 137 valence electrons. The molecule has 0 aliphatic carbocycles. The van der Waals surface area contributed by atoms with E-state index in [1.807, 2.05) is 0 Å². The molecule has 0 amide bonds. The van der Waals surface area contributed by atoms with Crippen molar-refractivity contribution in [3.05, 3.63) is 0 Å². The van der Waals surface area contributed by atoms with E-state index in [1.165, 1.54) is 4.90 Å². The summed E-state index contributed by atoms with van der Waals surface area (Å²) in [7, 11) is -14.0. The summed E-state index contributed by atoms with van der Waals surface area (Å²) in [5, 5.41) is 0. The molecule has 3 radical (unpaired) electrons. The Kier molecular flexibility index (Phi) is 24.3. The third kappa shape index (κ3) is 29.6. The second-order valence-electron chi connectivity index (χ2n) is 3.81. The van der Waals surface area contributed by atoms with Crippen LogP contribution in [-0.2, 0) is 27.3 Å². The second kappa shape index (κ2) is 17.0. The Labute approximate surface area is 210 Å². The summed E-state index contributed by atoms with van der Waals surface area (Å²) in [6.45, 7) is -1.55. The Morgan fingerprint density at radius 3 is 0.920 bits per heavy atom. The number of phosphoric ester groups is 3. The van der Waals surface area contributed by atoms with Crippen LogP contribution in [0.3, 0.4) is 0 Å². The first-order valence-corrected chi connectivity index (χ1v) is 10.2. The number of phosphoric acid groups is 3. The first kappa shape index (κ1) is 35.7. The van der Waals surface area contributed by atoms with Crippen LogP contribution < -0.4 is 0 Å². The topological polar surface area (TPSA) is 204 Å². The maximum absolute atomic E-state index is 10.5. The Balaban J connectivity index is -0.000000735. The Hall–Kier alpha value is 3.29. The maximum atomic E-state index is 10.5.